The maximum absolute atomic E-state index is 13.3. The minimum absolute atomic E-state index is 0.137. The van der Waals surface area contributed by atoms with Gasteiger partial charge in [0.2, 0.25) is 0 Å². The predicted octanol–water partition coefficient (Wildman–Crippen LogP) is 3.93. The Labute approximate surface area is 145 Å². The zero-order valence-corrected chi connectivity index (χ0v) is 14.4. The monoisotopic (exact) mass is 371 g/mol. The van der Waals surface area contributed by atoms with Crippen LogP contribution in [0.5, 0.6) is 0 Å². The third-order valence-corrected chi connectivity index (χ3v) is 4.62. The van der Waals surface area contributed by atoms with Crippen LogP contribution in [-0.4, -0.2) is 20.4 Å². The van der Waals surface area contributed by atoms with E-state index in [0.717, 1.165) is 16.4 Å². The molecule has 0 bridgehead atoms. The first-order chi connectivity index (χ1) is 11.7. The van der Waals surface area contributed by atoms with Crippen LogP contribution in [0.2, 0.25) is 0 Å². The number of benzene rings is 1. The summed E-state index contributed by atoms with van der Waals surface area (Å²) in [6.45, 7) is 3.67. The van der Waals surface area contributed by atoms with E-state index < -0.39 is 23.0 Å². The number of nitrogens with zero attached hydrogens (tertiary/aromatic N) is 2. The molecule has 0 radical (unpaired) electrons. The van der Waals surface area contributed by atoms with Crippen LogP contribution in [0.3, 0.4) is 0 Å². The van der Waals surface area contributed by atoms with E-state index in [1.165, 1.54) is 0 Å². The van der Waals surface area contributed by atoms with Crippen molar-refractivity contribution < 1.29 is 18.0 Å². The normalized spacial score (nSPS) is 16.6. The molecule has 9 heteroatoms. The van der Waals surface area contributed by atoms with Gasteiger partial charge in [-0.1, -0.05) is 23.4 Å². The van der Waals surface area contributed by atoms with Crippen LogP contribution < -0.4 is 5.56 Å². The molecular formula is C16H16F3N3O2S. The number of para-hydroxylation sites is 1. The second kappa shape index (κ2) is 6.29. The van der Waals surface area contributed by atoms with E-state index in [9.17, 15) is 18.0 Å². The lowest BCUT2D eigenvalue weighted by atomic mass is 10.1. The Kier molecular flexibility index (Phi) is 4.44. The van der Waals surface area contributed by atoms with Crippen LogP contribution in [0.25, 0.3) is 5.69 Å². The Morgan fingerprint density at radius 2 is 2.00 bits per heavy atom. The van der Waals surface area contributed by atoms with Crippen LogP contribution in [-0.2, 0) is 16.8 Å². The Morgan fingerprint density at radius 1 is 1.32 bits per heavy atom. The zero-order valence-electron chi connectivity index (χ0n) is 13.6. The van der Waals surface area contributed by atoms with Crippen molar-refractivity contribution in [3.63, 3.8) is 0 Å². The summed E-state index contributed by atoms with van der Waals surface area (Å²) < 4.78 is 40.9. The smallest absolute Gasteiger partial charge is 0.389 e. The molecule has 134 valence electrons. The first-order valence-electron chi connectivity index (χ1n) is 7.52. The van der Waals surface area contributed by atoms with Crippen molar-refractivity contribution in [2.24, 2.45) is 5.16 Å². The molecule has 0 aliphatic carbocycles. The van der Waals surface area contributed by atoms with Gasteiger partial charge in [0.15, 0.2) is 0 Å². The predicted molar refractivity (Wildman–Crippen MR) is 89.9 cm³/mol. The fourth-order valence-corrected chi connectivity index (χ4v) is 3.55. The second-order valence-electron chi connectivity index (χ2n) is 6.24. The number of halogens is 3. The van der Waals surface area contributed by atoms with Gasteiger partial charge in [-0.3, -0.25) is 9.89 Å². The molecule has 25 heavy (non-hydrogen) atoms. The summed E-state index contributed by atoms with van der Waals surface area (Å²) >= 11 is 1.08. The van der Waals surface area contributed by atoms with E-state index in [2.05, 4.69) is 10.3 Å². The number of H-pyrrole nitrogens is 1. The van der Waals surface area contributed by atoms with E-state index in [4.69, 9.17) is 4.84 Å². The Bertz CT molecular complexity index is 854. The largest absolute Gasteiger partial charge is 0.433 e. The molecule has 1 aliphatic rings. The summed E-state index contributed by atoms with van der Waals surface area (Å²) in [5.41, 5.74) is -2.21. The van der Waals surface area contributed by atoms with Gasteiger partial charge in [-0.15, -0.1) is 11.8 Å². The molecule has 0 saturated heterocycles. The summed E-state index contributed by atoms with van der Waals surface area (Å²) in [4.78, 5) is 17.7. The summed E-state index contributed by atoms with van der Waals surface area (Å²) in [5, 5.41) is 6.64. The van der Waals surface area contributed by atoms with Crippen molar-refractivity contribution in [1.82, 2.24) is 9.78 Å². The molecule has 0 atom stereocenters. The molecule has 1 aliphatic heterocycles. The van der Waals surface area contributed by atoms with Crippen LogP contribution >= 0.6 is 11.8 Å². The summed E-state index contributed by atoms with van der Waals surface area (Å²) in [7, 11) is 0. The Balaban J connectivity index is 1.92. The van der Waals surface area contributed by atoms with Gasteiger partial charge in [-0.2, -0.15) is 13.2 Å². The molecule has 0 fully saturated rings. The molecule has 0 saturated carbocycles. The molecule has 1 N–H and O–H groups in total. The molecule has 0 spiro atoms. The molecular weight excluding hydrogens is 355 g/mol. The third-order valence-electron chi connectivity index (χ3n) is 3.64. The van der Waals surface area contributed by atoms with Gasteiger partial charge in [0.1, 0.15) is 16.3 Å². The van der Waals surface area contributed by atoms with Crippen molar-refractivity contribution >= 4 is 16.8 Å². The van der Waals surface area contributed by atoms with Gasteiger partial charge in [-0.25, -0.2) is 4.68 Å². The average molecular weight is 371 g/mol. The highest BCUT2D eigenvalue weighted by molar-refractivity contribution is 8.13. The topological polar surface area (TPSA) is 59.4 Å². The van der Waals surface area contributed by atoms with Crippen molar-refractivity contribution in [2.45, 2.75) is 37.8 Å². The molecule has 1 aromatic carbocycles. The molecule has 2 aromatic rings. The van der Waals surface area contributed by atoms with Gasteiger partial charge < -0.3 is 4.84 Å². The number of alkyl halides is 3. The first kappa shape index (κ1) is 17.7. The number of oxime groups is 1. The van der Waals surface area contributed by atoms with E-state index in [1.54, 1.807) is 30.3 Å². The van der Waals surface area contributed by atoms with Crippen LogP contribution in [0.15, 0.2) is 40.3 Å². The van der Waals surface area contributed by atoms with Gasteiger partial charge in [0.05, 0.1) is 11.3 Å². The summed E-state index contributed by atoms with van der Waals surface area (Å²) in [5.74, 6) is -0.137. The minimum Gasteiger partial charge on any atom is -0.389 e. The van der Waals surface area contributed by atoms with Crippen LogP contribution in [0, 0.1) is 0 Å². The van der Waals surface area contributed by atoms with Gasteiger partial charge in [-0.05, 0) is 26.0 Å². The van der Waals surface area contributed by atoms with Crippen LogP contribution in [0.1, 0.15) is 31.5 Å². The van der Waals surface area contributed by atoms with Gasteiger partial charge in [0.25, 0.3) is 5.56 Å². The lowest BCUT2D eigenvalue weighted by Crippen LogP contribution is -2.19. The van der Waals surface area contributed by atoms with Gasteiger partial charge in [0, 0.05) is 12.2 Å². The molecule has 2 heterocycles. The van der Waals surface area contributed by atoms with E-state index >= 15 is 0 Å². The van der Waals surface area contributed by atoms with Crippen molar-refractivity contribution in [2.75, 3.05) is 0 Å². The number of hydrogen-bond acceptors (Lipinski definition) is 4. The number of aromatic amines is 1. The highest BCUT2D eigenvalue weighted by atomic mass is 32.2. The average Bonchev–Trinajstić information content (AvgIpc) is 3.05. The van der Waals surface area contributed by atoms with E-state index in [-0.39, 0.29) is 11.3 Å². The van der Waals surface area contributed by atoms with Crippen molar-refractivity contribution in [1.29, 1.82) is 0 Å². The number of rotatable bonds is 3. The number of aromatic nitrogens is 2. The summed E-state index contributed by atoms with van der Waals surface area (Å²) in [6, 6.07) is 8.14. The first-order valence-corrected chi connectivity index (χ1v) is 8.50. The second-order valence-corrected chi connectivity index (χ2v) is 7.29. The van der Waals surface area contributed by atoms with Crippen molar-refractivity contribution in [3.05, 3.63) is 51.9 Å². The number of nitrogens with one attached hydrogen (secondary N) is 1. The standard InChI is InChI=1S/C16H16F3N3O2S/c1-15(2)8-12(21-24-15)25-9-11-13(16(17,18)19)20-22(14(11)23)10-6-4-3-5-7-10/h3-7,20H,8-9H2,1-2H3. The number of hydrogen-bond donors (Lipinski definition) is 1. The molecule has 0 unspecified atom stereocenters. The van der Waals surface area contributed by atoms with Crippen molar-refractivity contribution in [3.8, 4) is 5.69 Å². The summed E-state index contributed by atoms with van der Waals surface area (Å²) in [6.07, 6.45) is -4.15. The Hall–Kier alpha value is -2.16. The third kappa shape index (κ3) is 3.76. The highest BCUT2D eigenvalue weighted by Crippen LogP contribution is 2.33. The maximum atomic E-state index is 13.3. The number of thioether (sulfide) groups is 1. The SMILES string of the molecule is CC1(C)CC(SCc2c(C(F)(F)F)[nH]n(-c3ccccc3)c2=O)=NO1. The lowest BCUT2D eigenvalue weighted by molar-refractivity contribution is -0.141. The lowest BCUT2D eigenvalue weighted by Gasteiger charge is -2.13. The quantitative estimate of drug-likeness (QED) is 0.889. The molecule has 1 aromatic heterocycles. The van der Waals surface area contributed by atoms with E-state index in [1.807, 2.05) is 13.8 Å². The van der Waals surface area contributed by atoms with E-state index in [0.29, 0.717) is 17.2 Å². The fourth-order valence-electron chi connectivity index (χ4n) is 2.44. The fraction of sp³-hybridized carbons (Fsp3) is 0.375. The molecule has 0 amide bonds. The van der Waals surface area contributed by atoms with Crippen LogP contribution in [0.4, 0.5) is 13.2 Å². The highest BCUT2D eigenvalue weighted by Gasteiger charge is 2.38. The maximum Gasteiger partial charge on any atom is 0.433 e. The minimum atomic E-state index is -4.65. The molecule has 3 rings (SSSR count). The zero-order chi connectivity index (χ0) is 18.2. The van der Waals surface area contributed by atoms with Gasteiger partial charge >= 0.3 is 6.18 Å². The molecule has 5 nitrogen and oxygen atoms in total. The Morgan fingerprint density at radius 3 is 2.56 bits per heavy atom.